The lowest BCUT2D eigenvalue weighted by Crippen LogP contribution is -2.36. The van der Waals surface area contributed by atoms with Gasteiger partial charge in [-0.1, -0.05) is 18.9 Å². The van der Waals surface area contributed by atoms with Gasteiger partial charge in [-0.2, -0.15) is 0 Å². The van der Waals surface area contributed by atoms with Crippen LogP contribution in [0.5, 0.6) is 11.5 Å². The first-order chi connectivity index (χ1) is 10.5. The van der Waals surface area contributed by atoms with Crippen LogP contribution in [0, 0.1) is 0 Å². The quantitative estimate of drug-likeness (QED) is 0.803. The first-order valence-electron chi connectivity index (χ1n) is 8.12. The molecule has 0 radical (unpaired) electrons. The van der Waals surface area contributed by atoms with Crippen LogP contribution in [0.1, 0.15) is 52.0 Å². The summed E-state index contributed by atoms with van der Waals surface area (Å²) in [7, 11) is 1.64. The van der Waals surface area contributed by atoms with Crippen molar-refractivity contribution >= 4 is 5.91 Å². The lowest BCUT2D eigenvalue weighted by molar-refractivity contribution is -0.131. The fourth-order valence-electron chi connectivity index (χ4n) is 3.08. The number of ether oxygens (including phenoxy) is 2. The lowest BCUT2D eigenvalue weighted by Gasteiger charge is -2.28. The number of hydrogen-bond acceptors (Lipinski definition) is 3. The minimum atomic E-state index is 0.0860. The van der Waals surface area contributed by atoms with E-state index in [9.17, 15) is 4.79 Å². The molecule has 0 unspecified atom stereocenters. The molecule has 0 atom stereocenters. The van der Waals surface area contributed by atoms with Gasteiger partial charge in [0.2, 0.25) is 5.91 Å². The van der Waals surface area contributed by atoms with Gasteiger partial charge in [-0.3, -0.25) is 4.79 Å². The van der Waals surface area contributed by atoms with Crippen LogP contribution in [0.3, 0.4) is 0 Å². The minimum absolute atomic E-state index is 0.0860. The number of methoxy groups -OCH3 is 1. The average molecular weight is 305 g/mol. The third-order valence-corrected chi connectivity index (χ3v) is 4.11. The molecule has 1 aromatic rings. The predicted molar refractivity (Wildman–Crippen MR) is 87.2 cm³/mol. The Morgan fingerprint density at radius 3 is 2.50 bits per heavy atom. The van der Waals surface area contributed by atoms with E-state index in [2.05, 4.69) is 0 Å². The molecule has 122 valence electrons. The van der Waals surface area contributed by atoms with Gasteiger partial charge in [0.15, 0.2) is 11.5 Å². The van der Waals surface area contributed by atoms with E-state index in [1.807, 2.05) is 36.9 Å². The predicted octanol–water partition coefficient (Wildman–Crippen LogP) is 3.77. The number of rotatable bonds is 6. The number of hydrogen-bond donors (Lipinski definition) is 0. The number of carbonyl (C=O) groups is 1. The molecule has 0 saturated heterocycles. The molecule has 22 heavy (non-hydrogen) atoms. The summed E-state index contributed by atoms with van der Waals surface area (Å²) in [6.45, 7) is 6.28. The molecule has 1 aliphatic carbocycles. The fraction of sp³-hybridized carbons (Fsp3) is 0.611. The maximum absolute atomic E-state index is 12.0. The second kappa shape index (κ2) is 7.52. The number of amides is 1. The molecule has 1 saturated carbocycles. The number of benzene rings is 1. The van der Waals surface area contributed by atoms with Gasteiger partial charge >= 0.3 is 0 Å². The summed E-state index contributed by atoms with van der Waals surface area (Å²) in [6, 6.07) is 6.30. The lowest BCUT2D eigenvalue weighted by atomic mass is 10.1. The van der Waals surface area contributed by atoms with E-state index in [1.54, 1.807) is 14.0 Å². The van der Waals surface area contributed by atoms with Gasteiger partial charge in [-0.25, -0.2) is 0 Å². The Morgan fingerprint density at radius 2 is 1.95 bits per heavy atom. The number of carbonyl (C=O) groups excluding carboxylic acids is 1. The zero-order valence-electron chi connectivity index (χ0n) is 14.1. The van der Waals surface area contributed by atoms with Crippen LogP contribution in [0.4, 0.5) is 0 Å². The van der Waals surface area contributed by atoms with Gasteiger partial charge in [0.25, 0.3) is 0 Å². The van der Waals surface area contributed by atoms with Crippen molar-refractivity contribution in [3.05, 3.63) is 23.8 Å². The SMILES string of the molecule is COc1ccc(CN(C(C)=O)C2CCCC2)cc1OC(C)C. The van der Waals surface area contributed by atoms with E-state index < -0.39 is 0 Å². The van der Waals surface area contributed by atoms with Crippen LogP contribution in [0.2, 0.25) is 0 Å². The van der Waals surface area contributed by atoms with Gasteiger partial charge in [0.05, 0.1) is 13.2 Å². The Hall–Kier alpha value is -1.71. The van der Waals surface area contributed by atoms with Gasteiger partial charge in [-0.05, 0) is 44.4 Å². The third kappa shape index (κ3) is 4.15. The van der Waals surface area contributed by atoms with E-state index in [0.29, 0.717) is 12.6 Å². The third-order valence-electron chi connectivity index (χ3n) is 4.11. The Morgan fingerprint density at radius 1 is 1.27 bits per heavy atom. The fourth-order valence-corrected chi connectivity index (χ4v) is 3.08. The summed E-state index contributed by atoms with van der Waals surface area (Å²) >= 11 is 0. The Labute approximate surface area is 133 Å². The zero-order chi connectivity index (χ0) is 16.1. The van der Waals surface area contributed by atoms with Crippen LogP contribution in [0.15, 0.2) is 18.2 Å². The monoisotopic (exact) mass is 305 g/mol. The molecule has 1 amide bonds. The van der Waals surface area contributed by atoms with Crippen molar-refractivity contribution in [1.29, 1.82) is 0 Å². The molecule has 0 heterocycles. The molecule has 1 aliphatic rings. The molecule has 0 aromatic heterocycles. The molecule has 2 rings (SSSR count). The van der Waals surface area contributed by atoms with Crippen molar-refractivity contribution < 1.29 is 14.3 Å². The van der Waals surface area contributed by atoms with Gasteiger partial charge < -0.3 is 14.4 Å². The van der Waals surface area contributed by atoms with Crippen molar-refractivity contribution in [2.75, 3.05) is 7.11 Å². The standard InChI is InChI=1S/C18H27NO3/c1-13(2)22-18-11-15(9-10-17(18)21-4)12-19(14(3)20)16-7-5-6-8-16/h9-11,13,16H,5-8,12H2,1-4H3. The van der Waals surface area contributed by atoms with E-state index in [0.717, 1.165) is 29.9 Å². The molecule has 1 aromatic carbocycles. The van der Waals surface area contributed by atoms with Gasteiger partial charge in [0.1, 0.15) is 0 Å². The van der Waals surface area contributed by atoms with Gasteiger partial charge in [0, 0.05) is 19.5 Å². The van der Waals surface area contributed by atoms with Crippen molar-refractivity contribution in [3.8, 4) is 11.5 Å². The first-order valence-corrected chi connectivity index (χ1v) is 8.12. The maximum Gasteiger partial charge on any atom is 0.219 e. The highest BCUT2D eigenvalue weighted by atomic mass is 16.5. The van der Waals surface area contributed by atoms with Crippen molar-refractivity contribution in [3.63, 3.8) is 0 Å². The summed E-state index contributed by atoms with van der Waals surface area (Å²) in [6.07, 6.45) is 4.76. The Balaban J connectivity index is 2.17. The van der Waals surface area contributed by atoms with Crippen molar-refractivity contribution in [2.24, 2.45) is 0 Å². The second-order valence-electron chi connectivity index (χ2n) is 6.24. The van der Waals surface area contributed by atoms with E-state index in [-0.39, 0.29) is 12.0 Å². The summed E-state index contributed by atoms with van der Waals surface area (Å²) in [5.74, 6) is 1.62. The largest absolute Gasteiger partial charge is 0.493 e. The van der Waals surface area contributed by atoms with Crippen LogP contribution in [0.25, 0.3) is 0 Å². The normalized spacial score (nSPS) is 15.1. The van der Waals surface area contributed by atoms with Crippen LogP contribution in [-0.4, -0.2) is 30.1 Å². The molecule has 0 spiro atoms. The summed E-state index contributed by atoms with van der Waals surface area (Å²) in [5, 5.41) is 0. The first kappa shape index (κ1) is 16.7. The summed E-state index contributed by atoms with van der Waals surface area (Å²) < 4.78 is 11.2. The molecule has 1 fully saturated rings. The molecule has 0 N–H and O–H groups in total. The smallest absolute Gasteiger partial charge is 0.219 e. The Kier molecular flexibility index (Phi) is 5.69. The number of nitrogens with zero attached hydrogens (tertiary/aromatic N) is 1. The highest BCUT2D eigenvalue weighted by molar-refractivity contribution is 5.73. The average Bonchev–Trinajstić information content (AvgIpc) is 2.98. The molecule has 4 heteroatoms. The van der Waals surface area contributed by atoms with Crippen LogP contribution in [-0.2, 0) is 11.3 Å². The summed E-state index contributed by atoms with van der Waals surface area (Å²) in [5.41, 5.74) is 1.08. The Bertz CT molecular complexity index is 507. The van der Waals surface area contributed by atoms with E-state index in [1.165, 1.54) is 12.8 Å². The molecule has 4 nitrogen and oxygen atoms in total. The molecule has 0 aliphatic heterocycles. The molecule has 0 bridgehead atoms. The van der Waals surface area contributed by atoms with Crippen LogP contribution >= 0.6 is 0 Å². The summed E-state index contributed by atoms with van der Waals surface area (Å²) in [4.78, 5) is 14.0. The maximum atomic E-state index is 12.0. The highest BCUT2D eigenvalue weighted by Crippen LogP contribution is 2.31. The molecular weight excluding hydrogens is 278 g/mol. The van der Waals surface area contributed by atoms with Crippen LogP contribution < -0.4 is 9.47 Å². The zero-order valence-corrected chi connectivity index (χ0v) is 14.1. The highest BCUT2D eigenvalue weighted by Gasteiger charge is 2.24. The van der Waals surface area contributed by atoms with E-state index in [4.69, 9.17) is 9.47 Å². The van der Waals surface area contributed by atoms with Crippen molar-refractivity contribution in [1.82, 2.24) is 4.90 Å². The molecular formula is C18H27NO3. The topological polar surface area (TPSA) is 38.8 Å². The van der Waals surface area contributed by atoms with Gasteiger partial charge in [-0.15, -0.1) is 0 Å². The van der Waals surface area contributed by atoms with Crippen molar-refractivity contribution in [2.45, 2.75) is 65.1 Å². The second-order valence-corrected chi connectivity index (χ2v) is 6.24. The minimum Gasteiger partial charge on any atom is -0.493 e. The van der Waals surface area contributed by atoms with E-state index >= 15 is 0 Å².